The largest absolute Gasteiger partial charge is 0.366 e. The van der Waals surface area contributed by atoms with Crippen molar-refractivity contribution >= 4 is 37.2 Å². The van der Waals surface area contributed by atoms with Crippen molar-refractivity contribution in [1.29, 1.82) is 0 Å². The fourth-order valence-electron chi connectivity index (χ4n) is 3.85. The van der Waals surface area contributed by atoms with Crippen molar-refractivity contribution in [3.05, 3.63) is 42.2 Å². The molecule has 0 saturated carbocycles. The highest BCUT2D eigenvalue weighted by Crippen LogP contribution is 2.39. The van der Waals surface area contributed by atoms with E-state index < -0.39 is 8.07 Å². The van der Waals surface area contributed by atoms with E-state index in [9.17, 15) is 9.59 Å². The second kappa shape index (κ2) is 7.59. The van der Waals surface area contributed by atoms with E-state index >= 15 is 0 Å². The molecule has 1 atom stereocenters. The molecule has 1 fully saturated rings. The van der Waals surface area contributed by atoms with Crippen molar-refractivity contribution in [3.8, 4) is 0 Å². The number of pyridine rings is 2. The van der Waals surface area contributed by atoms with E-state index in [-0.39, 0.29) is 17.9 Å². The van der Waals surface area contributed by atoms with Crippen LogP contribution in [0.5, 0.6) is 0 Å². The average molecular weight is 410 g/mol. The molecule has 4 heterocycles. The number of urea groups is 1. The second-order valence-corrected chi connectivity index (χ2v) is 14.5. The molecule has 4 rings (SSSR count). The highest BCUT2D eigenvalue weighted by atomic mass is 28.3. The summed E-state index contributed by atoms with van der Waals surface area (Å²) in [5.74, 6) is 1.13. The quantitative estimate of drug-likeness (QED) is 0.596. The molecule has 2 aliphatic heterocycles. The molecule has 1 N–H and O–H groups in total. The first-order valence-corrected chi connectivity index (χ1v) is 13.8. The number of Topliss-reactive ketones (excluding diaryl/α,β-unsaturated/α-hetero) is 1. The smallest absolute Gasteiger partial charge is 0.329 e. The maximum Gasteiger partial charge on any atom is 0.329 e. The minimum absolute atomic E-state index is 0.0473. The Morgan fingerprint density at radius 3 is 2.76 bits per heavy atom. The molecule has 1 saturated heterocycles. The second-order valence-electron chi connectivity index (χ2n) is 8.93. The van der Waals surface area contributed by atoms with Crippen LogP contribution >= 0.6 is 0 Å². The van der Waals surface area contributed by atoms with Crippen LogP contribution in [0.2, 0.25) is 25.7 Å². The summed E-state index contributed by atoms with van der Waals surface area (Å²) in [6, 6.07) is 9.86. The van der Waals surface area contributed by atoms with Gasteiger partial charge in [-0.15, -0.1) is 0 Å². The lowest BCUT2D eigenvalue weighted by Gasteiger charge is -2.35. The summed E-state index contributed by atoms with van der Waals surface area (Å²) in [7, 11) is -1.31. The van der Waals surface area contributed by atoms with Crippen molar-refractivity contribution in [2.45, 2.75) is 44.6 Å². The Balaban J connectivity index is 1.62. The number of hydrogen-bond acceptors (Lipinski definition) is 5. The molecule has 0 radical (unpaired) electrons. The highest BCUT2D eigenvalue weighted by molar-refractivity contribution is 6.76. The van der Waals surface area contributed by atoms with Crippen LogP contribution in [0.25, 0.3) is 0 Å². The van der Waals surface area contributed by atoms with E-state index in [1.165, 1.54) is 0 Å². The molecule has 2 amide bonds. The molecule has 0 spiro atoms. The summed E-state index contributed by atoms with van der Waals surface area (Å²) in [5.41, 5.74) is 1.36. The molecule has 2 bridgehead atoms. The van der Waals surface area contributed by atoms with E-state index in [0.717, 1.165) is 31.2 Å². The Morgan fingerprint density at radius 2 is 2.03 bits per heavy atom. The molecule has 2 aliphatic rings. The fraction of sp³-hybridized carbons (Fsp3) is 0.429. The van der Waals surface area contributed by atoms with Crippen LogP contribution in [0.15, 0.2) is 36.5 Å². The molecule has 7 nitrogen and oxygen atoms in total. The number of fused-ring (bicyclic) bond motifs is 4. The number of amides is 2. The number of anilines is 3. The van der Waals surface area contributed by atoms with Gasteiger partial charge in [-0.2, -0.15) is 0 Å². The third-order valence-corrected chi connectivity index (χ3v) is 7.21. The van der Waals surface area contributed by atoms with Crippen molar-refractivity contribution < 1.29 is 9.59 Å². The molecule has 152 valence electrons. The lowest BCUT2D eigenvalue weighted by molar-refractivity contribution is 0.0983. The molecular weight excluding hydrogens is 382 g/mol. The number of nitrogens with one attached hydrogen (secondary N) is 1. The first-order chi connectivity index (χ1) is 13.8. The van der Waals surface area contributed by atoms with E-state index in [2.05, 4.69) is 39.8 Å². The first-order valence-electron chi connectivity index (χ1n) is 10.1. The molecule has 0 aromatic carbocycles. The van der Waals surface area contributed by atoms with Crippen LogP contribution in [0.1, 0.15) is 23.3 Å². The van der Waals surface area contributed by atoms with Gasteiger partial charge in [0.2, 0.25) is 0 Å². The summed E-state index contributed by atoms with van der Waals surface area (Å²) in [4.78, 5) is 38.6. The summed E-state index contributed by atoms with van der Waals surface area (Å²) in [6.45, 7) is 8.45. The molecule has 0 aliphatic carbocycles. The number of aromatic nitrogens is 2. The zero-order valence-corrected chi connectivity index (χ0v) is 18.2. The van der Waals surface area contributed by atoms with Crippen LogP contribution in [0.3, 0.4) is 0 Å². The van der Waals surface area contributed by atoms with E-state index in [0.29, 0.717) is 23.8 Å². The molecular formula is C21H27N5O2Si. The number of hydrogen-bond donors (Lipinski definition) is 1. The van der Waals surface area contributed by atoms with E-state index in [4.69, 9.17) is 0 Å². The number of ketones is 1. The highest BCUT2D eigenvalue weighted by Gasteiger charge is 2.40. The fourth-order valence-corrected chi connectivity index (χ4v) is 4.83. The predicted molar refractivity (Wildman–Crippen MR) is 118 cm³/mol. The number of carbonyl (C=O) groups excluding carboxylic acids is 2. The summed E-state index contributed by atoms with van der Waals surface area (Å²) in [6.07, 6.45) is 3.03. The summed E-state index contributed by atoms with van der Waals surface area (Å²) >= 11 is 0. The van der Waals surface area contributed by atoms with Crippen molar-refractivity contribution in [3.63, 3.8) is 0 Å². The third-order valence-electron chi connectivity index (χ3n) is 5.46. The van der Waals surface area contributed by atoms with Crippen LogP contribution in [0, 0.1) is 0 Å². The normalized spacial score (nSPS) is 17.8. The summed E-state index contributed by atoms with van der Waals surface area (Å²) in [5, 5.41) is 2.87. The van der Waals surface area contributed by atoms with Gasteiger partial charge in [-0.1, -0.05) is 31.8 Å². The molecule has 2 aromatic rings. The van der Waals surface area contributed by atoms with Gasteiger partial charge in [0.15, 0.2) is 11.6 Å². The number of carbonyl (C=O) groups is 2. The van der Waals surface area contributed by atoms with E-state index in [1.807, 2.05) is 12.1 Å². The Hall–Kier alpha value is -2.74. The Labute approximate surface area is 172 Å². The standard InChI is InChI=1S/C21H27N5O2Si/c1-29(2,3)13-10-18(27)16-7-8-17-20(23-16)26(15-9-12-25(17)14-15)21(28)24-19-6-4-5-11-22-19/h4-8,11,15H,9-10,12-14H2,1-3H3,(H,22,24,28)/t15-/m0/s1. The van der Waals surface area contributed by atoms with Gasteiger partial charge in [-0.3, -0.25) is 15.0 Å². The lowest BCUT2D eigenvalue weighted by Crippen LogP contribution is -2.48. The molecule has 0 unspecified atom stereocenters. The summed E-state index contributed by atoms with van der Waals surface area (Å²) < 4.78 is 0. The zero-order chi connectivity index (χ0) is 20.6. The van der Waals surface area contributed by atoms with Crippen molar-refractivity contribution in [2.75, 3.05) is 28.2 Å². The minimum atomic E-state index is -1.31. The van der Waals surface area contributed by atoms with Crippen LogP contribution < -0.4 is 15.1 Å². The third kappa shape index (κ3) is 4.17. The lowest BCUT2D eigenvalue weighted by atomic mass is 10.1. The van der Waals surface area contributed by atoms with Crippen LogP contribution in [0.4, 0.5) is 22.1 Å². The number of nitrogens with zero attached hydrogens (tertiary/aromatic N) is 4. The monoisotopic (exact) mass is 409 g/mol. The van der Waals surface area contributed by atoms with Gasteiger partial charge in [0.25, 0.3) is 0 Å². The van der Waals surface area contributed by atoms with Gasteiger partial charge < -0.3 is 4.90 Å². The van der Waals surface area contributed by atoms with Gasteiger partial charge in [-0.05, 0) is 30.7 Å². The predicted octanol–water partition coefficient (Wildman–Crippen LogP) is 4.02. The van der Waals surface area contributed by atoms with Gasteiger partial charge in [0, 0.05) is 33.8 Å². The maximum atomic E-state index is 13.1. The zero-order valence-electron chi connectivity index (χ0n) is 17.2. The number of rotatable bonds is 5. The van der Waals surface area contributed by atoms with Crippen molar-refractivity contribution in [1.82, 2.24) is 9.97 Å². The van der Waals surface area contributed by atoms with Gasteiger partial charge in [-0.25, -0.2) is 14.8 Å². The molecule has 29 heavy (non-hydrogen) atoms. The van der Waals surface area contributed by atoms with Gasteiger partial charge in [0.05, 0.1) is 11.7 Å². The topological polar surface area (TPSA) is 78.4 Å². The van der Waals surface area contributed by atoms with Crippen LogP contribution in [-0.2, 0) is 0 Å². The average Bonchev–Trinajstić information content (AvgIpc) is 3.10. The van der Waals surface area contributed by atoms with Gasteiger partial charge in [0.1, 0.15) is 11.5 Å². The van der Waals surface area contributed by atoms with E-state index in [1.54, 1.807) is 29.3 Å². The van der Waals surface area contributed by atoms with Gasteiger partial charge >= 0.3 is 6.03 Å². The minimum Gasteiger partial charge on any atom is -0.366 e. The first kappa shape index (κ1) is 19.6. The Morgan fingerprint density at radius 1 is 1.21 bits per heavy atom. The maximum absolute atomic E-state index is 13.1. The molecule has 2 aromatic heterocycles. The molecule has 8 heteroatoms. The van der Waals surface area contributed by atoms with Crippen LogP contribution in [-0.4, -0.2) is 49.0 Å². The van der Waals surface area contributed by atoms with Crippen molar-refractivity contribution in [2.24, 2.45) is 0 Å². The Bertz CT molecular complexity index is 928. The SMILES string of the molecule is C[Si](C)(C)CCC(=O)c1ccc2c(n1)N(C(=O)Nc1ccccn1)[C@H]1CCN2C1. The Kier molecular flexibility index (Phi) is 5.12.